The van der Waals surface area contributed by atoms with Crippen LogP contribution in [-0.2, 0) is 16.4 Å². The number of benzene rings is 2. The number of hydrogen-bond acceptors (Lipinski definition) is 7. The second-order valence-corrected chi connectivity index (χ2v) is 11.2. The Bertz CT molecular complexity index is 1510. The number of fused-ring (bicyclic) bond motifs is 1. The van der Waals surface area contributed by atoms with E-state index in [4.69, 9.17) is 14.9 Å². The lowest BCUT2D eigenvalue weighted by Crippen LogP contribution is -2.41. The van der Waals surface area contributed by atoms with Gasteiger partial charge in [-0.25, -0.2) is 18.5 Å². The van der Waals surface area contributed by atoms with Crippen molar-refractivity contribution < 1.29 is 13.2 Å². The van der Waals surface area contributed by atoms with E-state index in [1.54, 1.807) is 12.3 Å². The average molecular weight is 532 g/mol. The van der Waals surface area contributed by atoms with Gasteiger partial charge in [-0.1, -0.05) is 48.9 Å². The molecule has 2 aromatic heterocycles. The van der Waals surface area contributed by atoms with Crippen molar-refractivity contribution in [2.45, 2.75) is 49.6 Å². The van der Waals surface area contributed by atoms with Crippen LogP contribution in [0.5, 0.6) is 5.75 Å². The minimum Gasteiger partial charge on any atom is -0.491 e. The summed E-state index contributed by atoms with van der Waals surface area (Å²) in [5, 5.41) is 13.9. The molecule has 4 N–H and O–H groups in total. The molecule has 0 aliphatic carbocycles. The highest BCUT2D eigenvalue weighted by Crippen LogP contribution is 2.34. The van der Waals surface area contributed by atoms with Gasteiger partial charge in [-0.15, -0.1) is 0 Å². The van der Waals surface area contributed by atoms with Crippen molar-refractivity contribution in [2.24, 2.45) is 5.14 Å². The summed E-state index contributed by atoms with van der Waals surface area (Å²) in [6.45, 7) is 3.23. The quantitative estimate of drug-likeness (QED) is 0.291. The predicted octanol–water partition coefficient (Wildman–Crippen LogP) is 4.50. The van der Waals surface area contributed by atoms with Gasteiger partial charge in [0.15, 0.2) is 0 Å². The van der Waals surface area contributed by atoms with Gasteiger partial charge in [0.1, 0.15) is 16.2 Å². The van der Waals surface area contributed by atoms with Gasteiger partial charge in [0.05, 0.1) is 18.3 Å². The maximum absolute atomic E-state index is 11.9. The van der Waals surface area contributed by atoms with Gasteiger partial charge in [-0.05, 0) is 56.1 Å². The number of aryl methyl sites for hydroxylation is 1. The van der Waals surface area contributed by atoms with Crippen molar-refractivity contribution >= 4 is 26.6 Å². The first-order valence-corrected chi connectivity index (χ1v) is 14.5. The number of sulfonamides is 1. The number of nitrogens with zero attached hydrogens (tertiary/aromatic N) is 2. The number of rotatable bonds is 9. The van der Waals surface area contributed by atoms with Crippen LogP contribution in [0.3, 0.4) is 0 Å². The van der Waals surface area contributed by atoms with Crippen LogP contribution in [0.1, 0.15) is 42.3 Å². The maximum atomic E-state index is 11.9. The molecule has 4 aromatic rings. The van der Waals surface area contributed by atoms with E-state index in [0.717, 1.165) is 35.2 Å². The molecule has 5 rings (SSSR count). The molecule has 3 heterocycles. The molecular formula is C29H33N5O3S. The van der Waals surface area contributed by atoms with Crippen LogP contribution in [0.15, 0.2) is 77.8 Å². The number of aromatic nitrogens is 2. The second kappa shape index (κ2) is 11.5. The Balaban J connectivity index is 1.42. The Hall–Kier alpha value is -3.53. The molecule has 8 nitrogen and oxygen atoms in total. The van der Waals surface area contributed by atoms with Crippen molar-refractivity contribution in [3.63, 3.8) is 0 Å². The van der Waals surface area contributed by atoms with Crippen molar-refractivity contribution in [3.8, 4) is 5.75 Å². The molecule has 1 aliphatic rings. The first kappa shape index (κ1) is 26.1. The van der Waals surface area contributed by atoms with Crippen LogP contribution in [0, 0.1) is 6.92 Å². The van der Waals surface area contributed by atoms with Gasteiger partial charge in [-0.3, -0.25) is 4.98 Å². The molecule has 0 radical (unpaired) electrons. The van der Waals surface area contributed by atoms with E-state index in [9.17, 15) is 8.42 Å². The lowest BCUT2D eigenvalue weighted by atomic mass is 9.92. The van der Waals surface area contributed by atoms with Crippen LogP contribution in [0.4, 0.5) is 5.69 Å². The van der Waals surface area contributed by atoms with Gasteiger partial charge < -0.3 is 15.4 Å². The van der Waals surface area contributed by atoms with Gasteiger partial charge in [-0.2, -0.15) is 0 Å². The second-order valence-electron chi connectivity index (χ2n) is 9.64. The third-order valence-corrected chi connectivity index (χ3v) is 7.89. The fourth-order valence-electron chi connectivity index (χ4n) is 5.12. The number of nitrogens with two attached hydrogens (primary N) is 1. The maximum Gasteiger partial charge on any atom is 0.239 e. The molecular weight excluding hydrogens is 498 g/mol. The molecule has 0 amide bonds. The Kier molecular flexibility index (Phi) is 7.87. The Morgan fingerprint density at radius 3 is 2.71 bits per heavy atom. The number of piperidine rings is 1. The molecule has 0 spiro atoms. The molecule has 38 heavy (non-hydrogen) atoms. The van der Waals surface area contributed by atoms with Gasteiger partial charge in [0.25, 0.3) is 0 Å². The smallest absolute Gasteiger partial charge is 0.239 e. The Morgan fingerprint density at radius 1 is 1.11 bits per heavy atom. The molecule has 2 aromatic carbocycles. The highest BCUT2D eigenvalue weighted by atomic mass is 32.2. The molecule has 0 bridgehead atoms. The lowest BCUT2D eigenvalue weighted by Gasteiger charge is -2.33. The molecule has 1 saturated heterocycles. The summed E-state index contributed by atoms with van der Waals surface area (Å²) in [4.78, 5) is 9.02. The van der Waals surface area contributed by atoms with Crippen LogP contribution >= 0.6 is 0 Å². The van der Waals surface area contributed by atoms with Crippen LogP contribution in [-0.4, -0.2) is 37.6 Å². The summed E-state index contributed by atoms with van der Waals surface area (Å²) < 4.78 is 30.0. The number of para-hydroxylation sites is 1. The summed E-state index contributed by atoms with van der Waals surface area (Å²) in [7, 11) is -3.86. The first-order chi connectivity index (χ1) is 18.4. The zero-order valence-corrected chi connectivity index (χ0v) is 22.2. The predicted molar refractivity (Wildman–Crippen MR) is 150 cm³/mol. The fraction of sp³-hybridized carbons (Fsp3) is 0.310. The molecule has 0 unspecified atom stereocenters. The number of primary sulfonamides is 1. The number of nitrogens with one attached hydrogen (secondary N) is 2. The molecule has 198 valence electrons. The van der Waals surface area contributed by atoms with Gasteiger partial charge in [0, 0.05) is 35.4 Å². The third kappa shape index (κ3) is 5.96. The third-order valence-electron chi connectivity index (χ3n) is 6.90. The van der Waals surface area contributed by atoms with E-state index < -0.39 is 10.0 Å². The van der Waals surface area contributed by atoms with E-state index in [2.05, 4.69) is 45.9 Å². The Labute approximate surface area is 223 Å². The van der Waals surface area contributed by atoms with E-state index >= 15 is 0 Å². The summed E-state index contributed by atoms with van der Waals surface area (Å²) in [6.07, 6.45) is 5.36. The zero-order chi connectivity index (χ0) is 26.5. The standard InChI is InChI=1S/C29H33N5O3S/c1-20-19-25(34-28(21-9-3-2-4-10-21)24-12-5-6-16-32-24)22-11-7-13-26(29(22)33-20)37-18-15-23-27(38(30,35)36)14-8-17-31-23/h2-4,7-11,13-14,17,19,24,28,32H,5-6,12,15-16,18H2,1H3,(H,33,34)(H2,30,35,36)/t24-,28-/m0/s1. The highest BCUT2D eigenvalue weighted by molar-refractivity contribution is 7.89. The number of ether oxygens (including phenoxy) is 1. The number of anilines is 1. The monoisotopic (exact) mass is 531 g/mol. The fourth-order valence-corrected chi connectivity index (χ4v) is 5.87. The van der Waals surface area contributed by atoms with E-state index in [1.807, 2.05) is 31.2 Å². The molecule has 1 fully saturated rings. The first-order valence-electron chi connectivity index (χ1n) is 12.9. The molecule has 2 atom stereocenters. The van der Waals surface area contributed by atoms with E-state index in [0.29, 0.717) is 23.9 Å². The molecule has 1 aliphatic heterocycles. The molecule has 9 heteroatoms. The highest BCUT2D eigenvalue weighted by Gasteiger charge is 2.25. The Morgan fingerprint density at radius 2 is 1.95 bits per heavy atom. The van der Waals surface area contributed by atoms with Crippen molar-refractivity contribution in [3.05, 3.63) is 89.9 Å². The normalized spacial score (nSPS) is 16.7. The lowest BCUT2D eigenvalue weighted by molar-refractivity contribution is 0.322. The number of hydrogen-bond donors (Lipinski definition) is 3. The minimum absolute atomic E-state index is 0.0188. The van der Waals surface area contributed by atoms with E-state index in [-0.39, 0.29) is 17.5 Å². The van der Waals surface area contributed by atoms with Crippen molar-refractivity contribution in [1.82, 2.24) is 15.3 Å². The van der Waals surface area contributed by atoms with Crippen LogP contribution < -0.4 is 20.5 Å². The SMILES string of the molecule is Cc1cc(N[C@@H](c2ccccc2)[C@@H]2CCCCN2)c2cccc(OCCc3ncccc3S(N)(=O)=O)c2n1. The minimum atomic E-state index is -3.86. The number of pyridine rings is 2. The van der Waals surface area contributed by atoms with Crippen LogP contribution in [0.25, 0.3) is 10.9 Å². The van der Waals surface area contributed by atoms with Gasteiger partial charge in [0.2, 0.25) is 10.0 Å². The molecule has 0 saturated carbocycles. The largest absolute Gasteiger partial charge is 0.491 e. The van der Waals surface area contributed by atoms with E-state index in [1.165, 1.54) is 24.5 Å². The average Bonchev–Trinajstić information content (AvgIpc) is 2.92. The zero-order valence-electron chi connectivity index (χ0n) is 21.4. The van der Waals surface area contributed by atoms with Gasteiger partial charge >= 0.3 is 0 Å². The summed E-state index contributed by atoms with van der Waals surface area (Å²) >= 11 is 0. The summed E-state index contributed by atoms with van der Waals surface area (Å²) in [5.74, 6) is 0.634. The van der Waals surface area contributed by atoms with Crippen molar-refractivity contribution in [1.29, 1.82) is 0 Å². The topological polar surface area (TPSA) is 119 Å². The summed E-state index contributed by atoms with van der Waals surface area (Å²) in [6, 6.07) is 22.0. The van der Waals surface area contributed by atoms with Crippen molar-refractivity contribution in [2.75, 3.05) is 18.5 Å². The summed E-state index contributed by atoms with van der Waals surface area (Å²) in [5.41, 5.74) is 4.25. The van der Waals surface area contributed by atoms with Crippen LogP contribution in [0.2, 0.25) is 0 Å².